The summed E-state index contributed by atoms with van der Waals surface area (Å²) >= 11 is 6.43. The van der Waals surface area contributed by atoms with Crippen LogP contribution in [0.25, 0.3) is 11.0 Å². The number of hydrogen-bond acceptors (Lipinski definition) is 5. The Kier molecular flexibility index (Phi) is 5.94. The van der Waals surface area contributed by atoms with Crippen LogP contribution in [0.2, 0.25) is 5.02 Å². The SMILES string of the molecule is O=C(NCC(c1ccccc1Cl)N1CCOCC1)c1cc2ccccc2oc1=O. The Bertz CT molecular complexity index is 1080. The number of halogens is 1. The molecule has 6 nitrogen and oxygen atoms in total. The zero-order valence-electron chi connectivity index (χ0n) is 15.8. The molecule has 1 atom stereocenters. The number of fused-ring (bicyclic) bond motifs is 1. The van der Waals surface area contributed by atoms with Gasteiger partial charge in [0.05, 0.1) is 19.3 Å². The normalized spacial score (nSPS) is 15.9. The van der Waals surface area contributed by atoms with Crippen molar-refractivity contribution in [3.05, 3.63) is 81.2 Å². The number of morpholine rings is 1. The molecular formula is C22H21ClN2O4. The topological polar surface area (TPSA) is 71.8 Å². The van der Waals surface area contributed by atoms with E-state index in [4.69, 9.17) is 20.8 Å². The molecule has 1 amide bonds. The summed E-state index contributed by atoms with van der Waals surface area (Å²) in [6.45, 7) is 3.05. The summed E-state index contributed by atoms with van der Waals surface area (Å²) in [5.74, 6) is -0.463. The van der Waals surface area contributed by atoms with Gasteiger partial charge >= 0.3 is 5.63 Å². The third kappa shape index (κ3) is 4.34. The third-order valence-electron chi connectivity index (χ3n) is 5.09. The molecule has 1 saturated heterocycles. The van der Waals surface area contributed by atoms with Crippen LogP contribution in [0.4, 0.5) is 0 Å². The lowest BCUT2D eigenvalue weighted by molar-refractivity contribution is 0.0162. The van der Waals surface area contributed by atoms with Crippen molar-refractivity contribution >= 4 is 28.5 Å². The predicted octanol–water partition coefficient (Wildman–Crippen LogP) is 3.25. The van der Waals surface area contributed by atoms with E-state index >= 15 is 0 Å². The maximum absolute atomic E-state index is 12.8. The molecule has 0 bridgehead atoms. The van der Waals surface area contributed by atoms with Crippen LogP contribution in [0.3, 0.4) is 0 Å². The van der Waals surface area contributed by atoms with Gasteiger partial charge in [0, 0.05) is 30.0 Å². The van der Waals surface area contributed by atoms with E-state index in [1.54, 1.807) is 24.3 Å². The van der Waals surface area contributed by atoms with E-state index in [1.165, 1.54) is 0 Å². The molecule has 1 aliphatic heterocycles. The highest BCUT2D eigenvalue weighted by molar-refractivity contribution is 6.31. The number of hydrogen-bond donors (Lipinski definition) is 1. The quantitative estimate of drug-likeness (QED) is 0.651. The smallest absolute Gasteiger partial charge is 0.349 e. The van der Waals surface area contributed by atoms with Crippen molar-refractivity contribution in [2.45, 2.75) is 6.04 Å². The molecule has 2 aromatic carbocycles. The van der Waals surface area contributed by atoms with Crippen LogP contribution in [-0.2, 0) is 4.74 Å². The van der Waals surface area contributed by atoms with Crippen LogP contribution in [0.1, 0.15) is 22.0 Å². The molecule has 1 unspecified atom stereocenters. The molecule has 0 aliphatic carbocycles. The summed E-state index contributed by atoms with van der Waals surface area (Å²) in [4.78, 5) is 27.3. The van der Waals surface area contributed by atoms with E-state index in [-0.39, 0.29) is 11.6 Å². The molecule has 0 radical (unpaired) electrons. The van der Waals surface area contributed by atoms with E-state index in [0.29, 0.717) is 35.8 Å². The third-order valence-corrected chi connectivity index (χ3v) is 5.44. The van der Waals surface area contributed by atoms with Crippen molar-refractivity contribution in [1.29, 1.82) is 0 Å². The van der Waals surface area contributed by atoms with Crippen molar-refractivity contribution in [2.75, 3.05) is 32.8 Å². The molecule has 150 valence electrons. The molecule has 4 rings (SSSR count). The maximum atomic E-state index is 12.8. The van der Waals surface area contributed by atoms with Gasteiger partial charge in [0.15, 0.2) is 0 Å². The minimum absolute atomic E-state index is 0.0106. The number of rotatable bonds is 5. The first-order valence-electron chi connectivity index (χ1n) is 9.51. The minimum Gasteiger partial charge on any atom is -0.422 e. The lowest BCUT2D eigenvalue weighted by Crippen LogP contribution is -2.44. The Labute approximate surface area is 173 Å². The van der Waals surface area contributed by atoms with Gasteiger partial charge in [-0.15, -0.1) is 0 Å². The van der Waals surface area contributed by atoms with Gasteiger partial charge in [-0.25, -0.2) is 4.79 Å². The fourth-order valence-corrected chi connectivity index (χ4v) is 3.84. The lowest BCUT2D eigenvalue weighted by Gasteiger charge is -2.35. The second-order valence-electron chi connectivity index (χ2n) is 6.88. The van der Waals surface area contributed by atoms with Gasteiger partial charge in [-0.05, 0) is 23.8 Å². The monoisotopic (exact) mass is 412 g/mol. The number of nitrogens with one attached hydrogen (secondary N) is 1. The molecule has 1 N–H and O–H groups in total. The molecule has 0 spiro atoms. The van der Waals surface area contributed by atoms with E-state index in [0.717, 1.165) is 18.7 Å². The fourth-order valence-electron chi connectivity index (χ4n) is 3.58. The standard InChI is InChI=1S/C22H21ClN2O4/c23-18-7-3-2-6-16(18)19(25-9-11-28-12-10-25)14-24-21(26)17-13-15-5-1-4-8-20(15)29-22(17)27/h1-8,13,19H,9-12,14H2,(H,24,26). The van der Waals surface area contributed by atoms with Crippen LogP contribution in [0.5, 0.6) is 0 Å². The molecule has 1 aliphatic rings. The van der Waals surface area contributed by atoms with Crippen LogP contribution in [-0.4, -0.2) is 43.7 Å². The highest BCUT2D eigenvalue weighted by Gasteiger charge is 2.25. The minimum atomic E-state index is -0.651. The lowest BCUT2D eigenvalue weighted by atomic mass is 10.0. The van der Waals surface area contributed by atoms with Crippen molar-refractivity contribution in [1.82, 2.24) is 10.2 Å². The van der Waals surface area contributed by atoms with E-state index in [9.17, 15) is 9.59 Å². The summed E-state index contributed by atoms with van der Waals surface area (Å²) in [6.07, 6.45) is 0. The molecule has 2 heterocycles. The van der Waals surface area contributed by atoms with Crippen molar-refractivity contribution in [3.63, 3.8) is 0 Å². The average molecular weight is 413 g/mol. The van der Waals surface area contributed by atoms with E-state index in [2.05, 4.69) is 10.2 Å². The summed E-state index contributed by atoms with van der Waals surface area (Å²) in [7, 11) is 0. The first-order valence-corrected chi connectivity index (χ1v) is 9.88. The summed E-state index contributed by atoms with van der Waals surface area (Å²) in [5, 5.41) is 4.23. The van der Waals surface area contributed by atoms with Gasteiger partial charge in [-0.1, -0.05) is 48.0 Å². The highest BCUT2D eigenvalue weighted by atomic mass is 35.5. The Hall–Kier alpha value is -2.67. The van der Waals surface area contributed by atoms with Gasteiger partial charge in [0.25, 0.3) is 5.91 Å². The number of amides is 1. The van der Waals surface area contributed by atoms with E-state index in [1.807, 2.05) is 30.3 Å². The second-order valence-corrected chi connectivity index (χ2v) is 7.29. The van der Waals surface area contributed by atoms with Crippen molar-refractivity contribution < 1.29 is 13.9 Å². The predicted molar refractivity (Wildman–Crippen MR) is 111 cm³/mol. The molecule has 1 aromatic heterocycles. The zero-order chi connectivity index (χ0) is 20.2. The highest BCUT2D eigenvalue weighted by Crippen LogP contribution is 2.27. The van der Waals surface area contributed by atoms with Gasteiger partial charge in [-0.2, -0.15) is 0 Å². The Morgan fingerprint density at radius 1 is 1.10 bits per heavy atom. The molecule has 1 fully saturated rings. The molecule has 29 heavy (non-hydrogen) atoms. The van der Waals surface area contributed by atoms with E-state index < -0.39 is 11.5 Å². The first kappa shape index (κ1) is 19.6. The first-order chi connectivity index (χ1) is 14.1. The Morgan fingerprint density at radius 3 is 2.62 bits per heavy atom. The second kappa shape index (κ2) is 8.78. The van der Waals surface area contributed by atoms with Crippen molar-refractivity contribution in [2.24, 2.45) is 0 Å². The summed E-state index contributed by atoms with van der Waals surface area (Å²) in [5.41, 5.74) is 0.726. The number of carbonyl (C=O) groups is 1. The summed E-state index contributed by atoms with van der Waals surface area (Å²) in [6, 6.07) is 16.1. The number of ether oxygens (including phenoxy) is 1. The van der Waals surface area contributed by atoms with Gasteiger partial charge < -0.3 is 14.5 Å². The number of benzene rings is 2. The van der Waals surface area contributed by atoms with Gasteiger partial charge in [0.2, 0.25) is 0 Å². The van der Waals surface area contributed by atoms with Crippen LogP contribution in [0.15, 0.2) is 63.8 Å². The largest absolute Gasteiger partial charge is 0.422 e. The Balaban J connectivity index is 1.57. The Morgan fingerprint density at radius 2 is 1.83 bits per heavy atom. The number of nitrogens with zero attached hydrogens (tertiary/aromatic N) is 1. The van der Waals surface area contributed by atoms with Gasteiger partial charge in [0.1, 0.15) is 11.1 Å². The molecular weight excluding hydrogens is 392 g/mol. The van der Waals surface area contributed by atoms with Crippen molar-refractivity contribution in [3.8, 4) is 0 Å². The number of carbonyl (C=O) groups excluding carboxylic acids is 1. The van der Waals surface area contributed by atoms with Crippen LogP contribution in [0, 0.1) is 0 Å². The molecule has 0 saturated carbocycles. The fraction of sp³-hybridized carbons (Fsp3) is 0.273. The molecule has 7 heteroatoms. The zero-order valence-corrected chi connectivity index (χ0v) is 16.5. The van der Waals surface area contributed by atoms with Gasteiger partial charge in [-0.3, -0.25) is 9.69 Å². The average Bonchev–Trinajstić information content (AvgIpc) is 2.75. The van der Waals surface area contributed by atoms with Crippen LogP contribution < -0.4 is 10.9 Å². The number of para-hydroxylation sites is 1. The molecule has 3 aromatic rings. The summed E-state index contributed by atoms with van der Waals surface area (Å²) < 4.78 is 10.7. The maximum Gasteiger partial charge on any atom is 0.349 e. The van der Waals surface area contributed by atoms with Crippen LogP contribution >= 0.6 is 11.6 Å².